The Morgan fingerprint density at radius 3 is 2.62 bits per heavy atom. The maximum absolute atomic E-state index is 11.9. The van der Waals surface area contributed by atoms with Gasteiger partial charge in [-0.05, 0) is 29.8 Å². The molecule has 0 atom stereocenters. The number of anilines is 1. The van der Waals surface area contributed by atoms with Gasteiger partial charge in [-0.3, -0.25) is 20.2 Å². The van der Waals surface area contributed by atoms with Crippen LogP contribution in [-0.4, -0.2) is 21.0 Å². The molecule has 0 spiro atoms. The summed E-state index contributed by atoms with van der Waals surface area (Å²) < 4.78 is 5.29. The summed E-state index contributed by atoms with van der Waals surface area (Å²) in [5.41, 5.74) is 0.787. The number of hydrogen-bond donors (Lipinski definition) is 1. The molecule has 8 nitrogen and oxygen atoms in total. The van der Waals surface area contributed by atoms with Crippen molar-refractivity contribution in [2.24, 2.45) is 0 Å². The normalized spacial score (nSPS) is 10.8. The van der Waals surface area contributed by atoms with Crippen LogP contribution in [0.5, 0.6) is 0 Å². The lowest BCUT2D eigenvalue weighted by Gasteiger charge is -1.97. The molecule has 26 heavy (non-hydrogen) atoms. The number of nitrogens with zero attached hydrogens (tertiary/aromatic N) is 3. The highest BCUT2D eigenvalue weighted by Crippen LogP contribution is 2.29. The zero-order valence-corrected chi connectivity index (χ0v) is 13.9. The Balaban J connectivity index is 1.71. The highest BCUT2D eigenvalue weighted by Gasteiger charge is 2.19. The molecule has 9 heteroatoms. The van der Waals surface area contributed by atoms with Gasteiger partial charge in [0.1, 0.15) is 5.56 Å². The maximum atomic E-state index is 11.9. The third kappa shape index (κ3) is 4.11. The summed E-state index contributed by atoms with van der Waals surface area (Å²) >= 11 is 5.79. The molecule has 3 aromatic rings. The van der Waals surface area contributed by atoms with Crippen molar-refractivity contribution in [2.75, 3.05) is 5.32 Å². The Bertz CT molecular complexity index is 982. The van der Waals surface area contributed by atoms with Crippen molar-refractivity contribution in [3.63, 3.8) is 0 Å². The summed E-state index contributed by atoms with van der Waals surface area (Å²) in [6.45, 7) is 0. The first-order valence-corrected chi connectivity index (χ1v) is 7.72. The molecule has 0 aliphatic heterocycles. The van der Waals surface area contributed by atoms with E-state index >= 15 is 0 Å². The fraction of sp³-hybridized carbons (Fsp3) is 0. The summed E-state index contributed by atoms with van der Waals surface area (Å²) in [5.74, 6) is -0.549. The lowest BCUT2D eigenvalue weighted by molar-refractivity contribution is -0.384. The fourth-order valence-electron chi connectivity index (χ4n) is 2.09. The number of rotatable bonds is 5. The molecular weight excluding hydrogens is 360 g/mol. The van der Waals surface area contributed by atoms with Gasteiger partial charge in [0.05, 0.1) is 4.92 Å². The van der Waals surface area contributed by atoms with Gasteiger partial charge in [0.15, 0.2) is 0 Å². The van der Waals surface area contributed by atoms with Crippen LogP contribution < -0.4 is 5.32 Å². The fourth-order valence-corrected chi connectivity index (χ4v) is 2.22. The lowest BCUT2D eigenvalue weighted by atomic mass is 10.2. The minimum Gasteiger partial charge on any atom is -0.403 e. The molecule has 0 unspecified atom stereocenters. The molecule has 2 aromatic carbocycles. The van der Waals surface area contributed by atoms with Gasteiger partial charge < -0.3 is 4.42 Å². The van der Waals surface area contributed by atoms with E-state index in [0.29, 0.717) is 5.02 Å². The van der Waals surface area contributed by atoms with Crippen molar-refractivity contribution in [2.45, 2.75) is 0 Å². The van der Waals surface area contributed by atoms with Crippen molar-refractivity contribution in [3.05, 3.63) is 75.3 Å². The third-order valence-electron chi connectivity index (χ3n) is 3.28. The van der Waals surface area contributed by atoms with Gasteiger partial charge >= 0.3 is 6.01 Å². The van der Waals surface area contributed by atoms with Crippen molar-refractivity contribution in [1.29, 1.82) is 0 Å². The topological polar surface area (TPSA) is 111 Å². The summed E-state index contributed by atoms with van der Waals surface area (Å²) in [4.78, 5) is 22.4. The Morgan fingerprint density at radius 1 is 1.15 bits per heavy atom. The molecule has 130 valence electrons. The number of carbonyl (C=O) groups excluding carboxylic acids is 1. The van der Waals surface area contributed by atoms with E-state index in [1.165, 1.54) is 24.3 Å². The minimum atomic E-state index is -0.549. The van der Waals surface area contributed by atoms with Gasteiger partial charge in [0, 0.05) is 17.2 Å². The van der Waals surface area contributed by atoms with Crippen LogP contribution in [0.1, 0.15) is 5.56 Å². The second-order valence-corrected chi connectivity index (χ2v) is 5.50. The second-order valence-electron chi connectivity index (χ2n) is 5.06. The zero-order valence-electron chi connectivity index (χ0n) is 13.1. The number of benzene rings is 2. The molecule has 0 fully saturated rings. The summed E-state index contributed by atoms with van der Waals surface area (Å²) in [5, 5.41) is 21.5. The predicted octanol–water partition coefficient (Wildman–Crippen LogP) is 3.95. The molecule has 1 aromatic heterocycles. The van der Waals surface area contributed by atoms with E-state index in [-0.39, 0.29) is 23.2 Å². The Morgan fingerprint density at radius 2 is 1.88 bits per heavy atom. The summed E-state index contributed by atoms with van der Waals surface area (Å²) in [7, 11) is 0. The van der Waals surface area contributed by atoms with E-state index in [1.807, 2.05) is 0 Å². The summed E-state index contributed by atoms with van der Waals surface area (Å²) in [6.07, 6.45) is 2.88. The van der Waals surface area contributed by atoms with Crippen LogP contribution in [0.25, 0.3) is 17.5 Å². The van der Waals surface area contributed by atoms with Gasteiger partial charge in [-0.15, -0.1) is 5.10 Å². The SMILES string of the molecule is O=C(/C=C/c1ccc(Cl)cc1)Nc1nnc(-c2ccccc2[N+](=O)[O-])o1. The van der Waals surface area contributed by atoms with Crippen molar-refractivity contribution < 1.29 is 14.1 Å². The quantitative estimate of drug-likeness (QED) is 0.413. The van der Waals surface area contributed by atoms with Crippen LogP contribution in [0.3, 0.4) is 0 Å². The molecule has 1 amide bonds. The lowest BCUT2D eigenvalue weighted by Crippen LogP contribution is -2.07. The zero-order chi connectivity index (χ0) is 18.5. The first-order chi connectivity index (χ1) is 12.5. The van der Waals surface area contributed by atoms with E-state index in [1.54, 1.807) is 36.4 Å². The predicted molar refractivity (Wildman–Crippen MR) is 95.5 cm³/mol. The molecule has 1 heterocycles. The number of para-hydroxylation sites is 1. The van der Waals surface area contributed by atoms with E-state index in [9.17, 15) is 14.9 Å². The van der Waals surface area contributed by atoms with Gasteiger partial charge in [0.2, 0.25) is 0 Å². The first kappa shape index (κ1) is 17.3. The molecule has 0 aliphatic rings. The average Bonchev–Trinajstić information content (AvgIpc) is 3.09. The van der Waals surface area contributed by atoms with Crippen molar-refractivity contribution in [1.82, 2.24) is 10.2 Å². The smallest absolute Gasteiger partial charge is 0.322 e. The first-order valence-electron chi connectivity index (χ1n) is 7.35. The maximum Gasteiger partial charge on any atom is 0.322 e. The van der Waals surface area contributed by atoms with Crippen molar-refractivity contribution in [3.8, 4) is 11.5 Å². The van der Waals surface area contributed by atoms with Gasteiger partial charge in [-0.25, -0.2) is 0 Å². The third-order valence-corrected chi connectivity index (χ3v) is 3.54. The van der Waals surface area contributed by atoms with Crippen LogP contribution in [0.4, 0.5) is 11.7 Å². The van der Waals surface area contributed by atoms with Crippen LogP contribution >= 0.6 is 11.6 Å². The largest absolute Gasteiger partial charge is 0.403 e. The van der Waals surface area contributed by atoms with Crippen LogP contribution in [0, 0.1) is 10.1 Å². The molecule has 0 radical (unpaired) electrons. The minimum absolute atomic E-state index is 0.0609. The molecule has 0 aliphatic carbocycles. The molecule has 0 saturated carbocycles. The highest BCUT2D eigenvalue weighted by molar-refractivity contribution is 6.30. The number of aromatic nitrogens is 2. The van der Waals surface area contributed by atoms with E-state index in [2.05, 4.69) is 15.5 Å². The van der Waals surface area contributed by atoms with Gasteiger partial charge in [-0.2, -0.15) is 0 Å². The number of carbonyl (C=O) groups is 1. The Kier molecular flexibility index (Phi) is 5.04. The number of amides is 1. The van der Waals surface area contributed by atoms with E-state index < -0.39 is 10.8 Å². The second kappa shape index (κ2) is 7.58. The standard InChI is InChI=1S/C17H11ClN4O4/c18-12-8-5-11(6-9-12)7-10-15(23)19-17-21-20-16(26-17)13-3-1-2-4-14(13)22(24)25/h1-10H,(H,19,21,23)/b10-7+. The number of nitro groups is 1. The Hall–Kier alpha value is -3.52. The molecule has 1 N–H and O–H groups in total. The molecule has 0 bridgehead atoms. The number of nitrogens with one attached hydrogen (secondary N) is 1. The molecule has 3 rings (SSSR count). The number of hydrogen-bond acceptors (Lipinski definition) is 6. The molecule has 0 saturated heterocycles. The van der Waals surface area contributed by atoms with Crippen molar-refractivity contribution >= 4 is 35.3 Å². The van der Waals surface area contributed by atoms with Crippen LogP contribution in [0.15, 0.2) is 59.0 Å². The number of nitro benzene ring substituents is 1. The van der Waals surface area contributed by atoms with Gasteiger partial charge in [0.25, 0.3) is 17.5 Å². The highest BCUT2D eigenvalue weighted by atomic mass is 35.5. The molecular formula is C17H11ClN4O4. The average molecular weight is 371 g/mol. The van der Waals surface area contributed by atoms with E-state index in [0.717, 1.165) is 5.56 Å². The monoisotopic (exact) mass is 370 g/mol. The Labute approximate surface area is 152 Å². The summed E-state index contributed by atoms with van der Waals surface area (Å²) in [6, 6.07) is 12.7. The number of halogens is 1. The van der Waals surface area contributed by atoms with Crippen LogP contribution in [-0.2, 0) is 4.79 Å². The van der Waals surface area contributed by atoms with Gasteiger partial charge in [-0.1, -0.05) is 41.0 Å². The van der Waals surface area contributed by atoms with E-state index in [4.69, 9.17) is 16.0 Å². The van der Waals surface area contributed by atoms with Crippen LogP contribution in [0.2, 0.25) is 5.02 Å².